The first kappa shape index (κ1) is 33.3. The van der Waals surface area contributed by atoms with Crippen molar-refractivity contribution in [2.75, 3.05) is 13.1 Å². The second-order valence-electron chi connectivity index (χ2n) is 8.04. The molecule has 3 rings (SSSR count). The van der Waals surface area contributed by atoms with Crippen molar-refractivity contribution in [2.24, 2.45) is 17.2 Å². The smallest absolute Gasteiger partial charge is 0.330 e. The van der Waals surface area contributed by atoms with Crippen molar-refractivity contribution in [3.05, 3.63) is 105 Å². The van der Waals surface area contributed by atoms with Gasteiger partial charge in [-0.25, -0.2) is 8.78 Å². The van der Waals surface area contributed by atoms with Gasteiger partial charge in [0.2, 0.25) is 0 Å². The lowest BCUT2D eigenvalue weighted by atomic mass is 10.1. The summed E-state index contributed by atoms with van der Waals surface area (Å²) in [6, 6.07) is 12.9. The number of halogens is 9. The normalized spacial score (nSPS) is 12.1. The molecule has 38 heavy (non-hydrogen) atoms. The van der Waals surface area contributed by atoms with Crippen molar-refractivity contribution in [3.63, 3.8) is 0 Å². The Morgan fingerprint density at radius 1 is 0.711 bits per heavy atom. The van der Waals surface area contributed by atoms with E-state index in [1.165, 1.54) is 24.3 Å². The summed E-state index contributed by atoms with van der Waals surface area (Å²) < 4.78 is 98.7. The van der Waals surface area contributed by atoms with E-state index >= 15 is 0 Å². The molecule has 3 aromatic carbocycles. The van der Waals surface area contributed by atoms with Crippen LogP contribution in [0.3, 0.4) is 0 Å². The van der Waals surface area contributed by atoms with Gasteiger partial charge in [0, 0.05) is 6.04 Å². The lowest BCUT2D eigenvalue weighted by Gasteiger charge is -2.10. The molecule has 210 valence electrons. The van der Waals surface area contributed by atoms with E-state index < -0.39 is 29.3 Å². The van der Waals surface area contributed by atoms with Gasteiger partial charge in [0.25, 0.3) is 0 Å². The number of alkyl halides is 6. The molecule has 0 aliphatic heterocycles. The molecule has 1 unspecified atom stereocenters. The predicted molar refractivity (Wildman–Crippen MR) is 132 cm³/mol. The molecule has 12 heteroatoms. The van der Waals surface area contributed by atoms with Crippen molar-refractivity contribution in [3.8, 4) is 0 Å². The highest BCUT2D eigenvalue weighted by molar-refractivity contribution is 6.31. The minimum Gasteiger partial charge on any atom is -0.330 e. The zero-order valence-corrected chi connectivity index (χ0v) is 21.1. The van der Waals surface area contributed by atoms with Crippen molar-refractivity contribution in [1.29, 1.82) is 0 Å². The third kappa shape index (κ3) is 11.3. The number of benzene rings is 3. The Bertz CT molecular complexity index is 1070. The monoisotopic (exact) mass is 569 g/mol. The van der Waals surface area contributed by atoms with Gasteiger partial charge in [-0.15, -0.1) is 0 Å². The van der Waals surface area contributed by atoms with Gasteiger partial charge < -0.3 is 17.2 Å². The molecular weight excluding hydrogens is 542 g/mol. The van der Waals surface area contributed by atoms with E-state index in [-0.39, 0.29) is 23.4 Å². The van der Waals surface area contributed by atoms with Gasteiger partial charge in [0.15, 0.2) is 0 Å². The maximum Gasteiger partial charge on any atom is 0.419 e. The molecule has 0 aliphatic rings. The number of hydrogen-bond donors (Lipinski definition) is 3. The summed E-state index contributed by atoms with van der Waals surface area (Å²) in [6.07, 6.45) is -8.32. The molecule has 1 atom stereocenters. The first-order chi connectivity index (χ1) is 17.6. The minimum absolute atomic E-state index is 0.0133. The van der Waals surface area contributed by atoms with Crippen LogP contribution in [0, 0.1) is 11.6 Å². The average molecular weight is 570 g/mol. The van der Waals surface area contributed by atoms with Gasteiger partial charge in [-0.2, -0.15) is 26.3 Å². The lowest BCUT2D eigenvalue weighted by molar-refractivity contribution is -0.140. The second-order valence-corrected chi connectivity index (χ2v) is 8.45. The zero-order valence-electron chi connectivity index (χ0n) is 20.3. The van der Waals surface area contributed by atoms with Gasteiger partial charge in [-0.05, 0) is 85.9 Å². The minimum atomic E-state index is -4.64. The van der Waals surface area contributed by atoms with E-state index in [2.05, 4.69) is 0 Å². The molecule has 0 saturated carbocycles. The van der Waals surface area contributed by atoms with E-state index in [1.54, 1.807) is 18.2 Å². The summed E-state index contributed by atoms with van der Waals surface area (Å²) in [5.74, 6) is -1.47. The molecular formula is C26H28ClF8N3. The fourth-order valence-corrected chi connectivity index (χ4v) is 3.21. The molecule has 3 aromatic rings. The van der Waals surface area contributed by atoms with Crippen LogP contribution in [-0.4, -0.2) is 13.1 Å². The number of nitrogens with two attached hydrogens (primary N) is 3. The molecule has 0 fully saturated rings. The molecule has 0 heterocycles. The van der Waals surface area contributed by atoms with Crippen LogP contribution in [0.15, 0.2) is 60.7 Å². The van der Waals surface area contributed by atoms with Crippen LogP contribution < -0.4 is 17.2 Å². The number of hydrogen-bond acceptors (Lipinski definition) is 3. The molecule has 0 saturated heterocycles. The summed E-state index contributed by atoms with van der Waals surface area (Å²) in [6.45, 7) is 2.43. The van der Waals surface area contributed by atoms with E-state index in [9.17, 15) is 35.1 Å². The van der Waals surface area contributed by atoms with Crippen LogP contribution in [0.5, 0.6) is 0 Å². The van der Waals surface area contributed by atoms with Crippen LogP contribution in [0.25, 0.3) is 0 Å². The van der Waals surface area contributed by atoms with Gasteiger partial charge in [0.1, 0.15) is 11.6 Å². The van der Waals surface area contributed by atoms with Gasteiger partial charge in [0.05, 0.1) is 16.1 Å². The van der Waals surface area contributed by atoms with Crippen LogP contribution in [-0.2, 0) is 25.2 Å². The molecule has 0 amide bonds. The summed E-state index contributed by atoms with van der Waals surface area (Å²) in [5.41, 5.74) is 15.8. The fourth-order valence-electron chi connectivity index (χ4n) is 2.99. The summed E-state index contributed by atoms with van der Waals surface area (Å²) in [4.78, 5) is 0. The van der Waals surface area contributed by atoms with Crippen molar-refractivity contribution >= 4 is 11.6 Å². The molecule has 6 N–H and O–H groups in total. The third-order valence-corrected chi connectivity index (χ3v) is 5.26. The average Bonchev–Trinajstić information content (AvgIpc) is 2.81. The Hall–Kier alpha value is -2.73. The van der Waals surface area contributed by atoms with Crippen LogP contribution >= 0.6 is 11.6 Å². The Labute approximate surface area is 220 Å². The highest BCUT2D eigenvalue weighted by Crippen LogP contribution is 2.35. The molecule has 0 aromatic heterocycles. The maximum absolute atomic E-state index is 12.8. The van der Waals surface area contributed by atoms with E-state index in [0.29, 0.717) is 30.5 Å². The summed E-state index contributed by atoms with van der Waals surface area (Å²) in [7, 11) is 0. The van der Waals surface area contributed by atoms with Gasteiger partial charge >= 0.3 is 12.4 Å². The van der Waals surface area contributed by atoms with E-state index in [1.807, 2.05) is 6.92 Å². The fraction of sp³-hybridized carbons (Fsp3) is 0.308. The maximum atomic E-state index is 12.8. The Morgan fingerprint density at radius 3 is 1.58 bits per heavy atom. The quantitative estimate of drug-likeness (QED) is 0.288. The first-order valence-corrected chi connectivity index (χ1v) is 11.6. The van der Waals surface area contributed by atoms with Gasteiger partial charge in [-0.3, -0.25) is 0 Å². The summed E-state index contributed by atoms with van der Waals surface area (Å²) >= 11 is 5.43. The molecule has 0 spiro atoms. The van der Waals surface area contributed by atoms with Crippen molar-refractivity contribution in [2.45, 2.75) is 38.2 Å². The molecule has 3 nitrogen and oxygen atoms in total. The molecule has 0 aliphatic carbocycles. The van der Waals surface area contributed by atoms with E-state index in [4.69, 9.17) is 28.8 Å². The first-order valence-electron chi connectivity index (χ1n) is 11.2. The lowest BCUT2D eigenvalue weighted by Crippen LogP contribution is -2.10. The highest BCUT2D eigenvalue weighted by atomic mass is 35.5. The van der Waals surface area contributed by atoms with Crippen LogP contribution in [0.1, 0.15) is 40.8 Å². The third-order valence-electron chi connectivity index (χ3n) is 4.93. The zero-order chi connectivity index (χ0) is 29.1. The number of rotatable bonds is 5. The predicted octanol–water partition coefficient (Wildman–Crippen LogP) is 7.05. The standard InChI is InChI=1S/C9H9ClF3N.C9H9F4N.C8H10FN/c2*10-8-2-1-6(3-4-14)5-7(8)9(11,12)13;1-6(10)7-2-4-8(9)5-3-7/h2*1-2,5H,3-4,14H2;2-6H,10H2,1H3. The van der Waals surface area contributed by atoms with Crippen LogP contribution in [0.2, 0.25) is 5.02 Å². The Morgan fingerprint density at radius 2 is 1.16 bits per heavy atom. The molecule has 0 bridgehead atoms. The largest absolute Gasteiger partial charge is 0.419 e. The Balaban J connectivity index is 0.000000290. The second kappa shape index (κ2) is 15.0. The van der Waals surface area contributed by atoms with Crippen LogP contribution in [0.4, 0.5) is 35.1 Å². The SMILES string of the molecule is CC(N)c1ccc(F)cc1.NCCc1ccc(Cl)c(C(F)(F)F)c1.NCCc1ccc(F)c(C(F)(F)F)c1. The van der Waals surface area contributed by atoms with Crippen molar-refractivity contribution < 1.29 is 35.1 Å². The topological polar surface area (TPSA) is 78.1 Å². The van der Waals surface area contributed by atoms with Gasteiger partial charge in [-0.1, -0.05) is 35.9 Å². The highest BCUT2D eigenvalue weighted by Gasteiger charge is 2.34. The molecule has 0 radical (unpaired) electrons. The van der Waals surface area contributed by atoms with E-state index in [0.717, 1.165) is 23.8 Å². The Kier molecular flexibility index (Phi) is 13.2. The summed E-state index contributed by atoms with van der Waals surface area (Å²) in [5, 5.41) is -0.279. The van der Waals surface area contributed by atoms with Crippen molar-refractivity contribution in [1.82, 2.24) is 0 Å².